The van der Waals surface area contributed by atoms with Gasteiger partial charge in [-0.1, -0.05) is 36.4 Å². The maximum atomic E-state index is 13.2. The van der Waals surface area contributed by atoms with E-state index in [2.05, 4.69) is 27.7 Å². The molecule has 0 unspecified atom stereocenters. The van der Waals surface area contributed by atoms with Gasteiger partial charge in [0.05, 0.1) is 31.9 Å². The SMILES string of the molecule is COc1cc2c(cc1OC)CN(CCc1ccc(NC(=O)c3ccccc3NC(=O)c3ccc(CC(=O)O)cc3)cc1)CC2. The van der Waals surface area contributed by atoms with Gasteiger partial charge in [-0.15, -0.1) is 0 Å². The highest BCUT2D eigenvalue weighted by atomic mass is 16.5. The molecule has 1 aliphatic rings. The molecule has 1 heterocycles. The molecule has 0 saturated carbocycles. The summed E-state index contributed by atoms with van der Waals surface area (Å²) in [6.45, 7) is 2.74. The van der Waals surface area contributed by atoms with E-state index in [1.54, 1.807) is 62.8 Å². The number of fused-ring (bicyclic) bond motifs is 1. The van der Waals surface area contributed by atoms with Gasteiger partial charge in [0.15, 0.2) is 11.5 Å². The number of hydrogen-bond donors (Lipinski definition) is 3. The van der Waals surface area contributed by atoms with E-state index in [0.29, 0.717) is 28.1 Å². The molecule has 2 amide bonds. The highest BCUT2D eigenvalue weighted by Crippen LogP contribution is 2.33. The van der Waals surface area contributed by atoms with Gasteiger partial charge in [-0.3, -0.25) is 19.3 Å². The first kappa shape index (κ1) is 30.3. The van der Waals surface area contributed by atoms with Gasteiger partial charge in [0.2, 0.25) is 0 Å². The van der Waals surface area contributed by atoms with E-state index in [-0.39, 0.29) is 12.3 Å². The van der Waals surface area contributed by atoms with Gasteiger partial charge >= 0.3 is 5.97 Å². The van der Waals surface area contributed by atoms with Crippen LogP contribution in [0, 0.1) is 0 Å². The van der Waals surface area contributed by atoms with Gasteiger partial charge in [-0.25, -0.2) is 0 Å². The van der Waals surface area contributed by atoms with Crippen LogP contribution in [0.2, 0.25) is 0 Å². The van der Waals surface area contributed by atoms with Crippen LogP contribution >= 0.6 is 0 Å². The van der Waals surface area contributed by atoms with Crippen molar-refractivity contribution in [3.8, 4) is 11.5 Å². The molecular weight excluding hydrogens is 558 g/mol. The van der Waals surface area contributed by atoms with Crippen LogP contribution in [0.5, 0.6) is 11.5 Å². The number of hydrogen-bond acceptors (Lipinski definition) is 6. The van der Waals surface area contributed by atoms with E-state index in [9.17, 15) is 14.4 Å². The average Bonchev–Trinajstić information content (AvgIpc) is 3.03. The molecule has 0 aromatic heterocycles. The molecule has 9 nitrogen and oxygen atoms in total. The number of carbonyl (C=O) groups is 3. The minimum Gasteiger partial charge on any atom is -0.493 e. The van der Waals surface area contributed by atoms with Gasteiger partial charge in [-0.05, 0) is 83.6 Å². The van der Waals surface area contributed by atoms with Crippen LogP contribution < -0.4 is 20.1 Å². The fourth-order valence-electron chi connectivity index (χ4n) is 5.31. The first-order valence-corrected chi connectivity index (χ1v) is 14.4. The summed E-state index contributed by atoms with van der Waals surface area (Å²) in [6, 6.07) is 25.1. The summed E-state index contributed by atoms with van der Waals surface area (Å²) in [6.07, 6.45) is 1.72. The molecule has 0 aliphatic carbocycles. The normalized spacial score (nSPS) is 12.6. The molecule has 0 atom stereocenters. The summed E-state index contributed by atoms with van der Waals surface area (Å²) >= 11 is 0. The number of ether oxygens (including phenoxy) is 2. The molecule has 1 aliphatic heterocycles. The zero-order chi connectivity index (χ0) is 31.1. The van der Waals surface area contributed by atoms with Crippen LogP contribution in [0.1, 0.15) is 43.0 Å². The lowest BCUT2D eigenvalue weighted by atomic mass is 9.98. The number of para-hydroxylation sites is 1. The van der Waals surface area contributed by atoms with Crippen LogP contribution in [0.25, 0.3) is 0 Å². The predicted molar refractivity (Wildman–Crippen MR) is 169 cm³/mol. The molecule has 9 heteroatoms. The Kier molecular flexibility index (Phi) is 9.56. The summed E-state index contributed by atoms with van der Waals surface area (Å²) < 4.78 is 10.9. The van der Waals surface area contributed by atoms with Crippen LogP contribution in [0.3, 0.4) is 0 Å². The van der Waals surface area contributed by atoms with E-state index in [1.165, 1.54) is 16.7 Å². The van der Waals surface area contributed by atoms with Crippen molar-refractivity contribution >= 4 is 29.2 Å². The summed E-state index contributed by atoms with van der Waals surface area (Å²) in [5.41, 5.74) is 6.04. The van der Waals surface area contributed by atoms with Gasteiger partial charge in [0, 0.05) is 30.9 Å². The minimum absolute atomic E-state index is 0.119. The molecule has 4 aromatic carbocycles. The number of nitrogens with one attached hydrogen (secondary N) is 2. The van der Waals surface area contributed by atoms with Gasteiger partial charge in [0.25, 0.3) is 11.8 Å². The lowest BCUT2D eigenvalue weighted by Crippen LogP contribution is -2.32. The van der Waals surface area contributed by atoms with Gasteiger partial charge in [-0.2, -0.15) is 0 Å². The Morgan fingerprint density at radius 3 is 2.14 bits per heavy atom. The maximum Gasteiger partial charge on any atom is 0.307 e. The van der Waals surface area contributed by atoms with Gasteiger partial charge < -0.3 is 25.2 Å². The van der Waals surface area contributed by atoms with Crippen molar-refractivity contribution in [2.24, 2.45) is 0 Å². The second-order valence-corrected chi connectivity index (χ2v) is 10.7. The number of nitrogens with zero attached hydrogens (tertiary/aromatic N) is 1. The largest absolute Gasteiger partial charge is 0.493 e. The number of rotatable bonds is 11. The summed E-state index contributed by atoms with van der Waals surface area (Å²) in [4.78, 5) is 39.3. The summed E-state index contributed by atoms with van der Waals surface area (Å²) in [5, 5.41) is 14.7. The molecule has 0 fully saturated rings. The van der Waals surface area contributed by atoms with E-state index in [0.717, 1.165) is 44.0 Å². The Balaban J connectivity index is 1.16. The van der Waals surface area contributed by atoms with E-state index < -0.39 is 11.9 Å². The summed E-state index contributed by atoms with van der Waals surface area (Å²) in [7, 11) is 3.31. The Morgan fingerprint density at radius 1 is 0.795 bits per heavy atom. The Labute approximate surface area is 256 Å². The number of benzene rings is 4. The molecule has 0 spiro atoms. The summed E-state index contributed by atoms with van der Waals surface area (Å²) in [5.74, 6) is -0.164. The van der Waals surface area contributed by atoms with Crippen molar-refractivity contribution in [3.05, 3.63) is 118 Å². The number of methoxy groups -OCH3 is 2. The lowest BCUT2D eigenvalue weighted by Gasteiger charge is -2.29. The van der Waals surface area contributed by atoms with Crippen molar-refractivity contribution in [2.45, 2.75) is 25.8 Å². The molecule has 3 N–H and O–H groups in total. The second kappa shape index (κ2) is 13.9. The number of amides is 2. The van der Waals surface area contributed by atoms with Crippen LogP contribution in [0.15, 0.2) is 84.9 Å². The molecule has 0 saturated heterocycles. The van der Waals surface area contributed by atoms with Crippen molar-refractivity contribution < 1.29 is 29.0 Å². The van der Waals surface area contributed by atoms with Gasteiger partial charge in [0.1, 0.15) is 0 Å². The van der Waals surface area contributed by atoms with Crippen molar-refractivity contribution in [1.29, 1.82) is 0 Å². The zero-order valence-electron chi connectivity index (χ0n) is 24.8. The second-order valence-electron chi connectivity index (χ2n) is 10.7. The molecule has 4 aromatic rings. The predicted octanol–water partition coefficient (Wildman–Crippen LogP) is 5.44. The molecule has 0 radical (unpaired) electrons. The zero-order valence-corrected chi connectivity index (χ0v) is 24.8. The lowest BCUT2D eigenvalue weighted by molar-refractivity contribution is -0.136. The number of carboxylic acids is 1. The first-order valence-electron chi connectivity index (χ1n) is 14.4. The standard InChI is InChI=1S/C35H35N3O6/c1-43-31-20-26-16-18-38(22-27(26)21-32(31)44-2)17-15-23-9-13-28(14-10-23)36-35(42)29-5-3-4-6-30(29)37-34(41)25-11-7-24(8-12-25)19-33(39)40/h3-14,20-21H,15-19,22H2,1-2H3,(H,36,42)(H,37,41)(H,39,40). The third kappa shape index (κ3) is 7.43. The van der Waals surface area contributed by atoms with Crippen molar-refractivity contribution in [3.63, 3.8) is 0 Å². The molecular formula is C35H35N3O6. The smallest absolute Gasteiger partial charge is 0.307 e. The third-order valence-electron chi connectivity index (χ3n) is 7.72. The highest BCUT2D eigenvalue weighted by Gasteiger charge is 2.20. The van der Waals surface area contributed by atoms with Crippen molar-refractivity contribution in [2.75, 3.05) is 37.9 Å². The maximum absolute atomic E-state index is 13.2. The number of carbonyl (C=O) groups excluding carboxylic acids is 2. The highest BCUT2D eigenvalue weighted by molar-refractivity contribution is 6.12. The van der Waals surface area contributed by atoms with Crippen molar-refractivity contribution in [1.82, 2.24) is 4.90 Å². The van der Waals surface area contributed by atoms with E-state index >= 15 is 0 Å². The van der Waals surface area contributed by atoms with Crippen LogP contribution in [-0.4, -0.2) is 55.1 Å². The first-order chi connectivity index (χ1) is 21.3. The van der Waals surface area contributed by atoms with Crippen LogP contribution in [0.4, 0.5) is 11.4 Å². The molecule has 5 rings (SSSR count). The number of carboxylic acid groups (broad SMARTS) is 1. The van der Waals surface area contributed by atoms with E-state index in [4.69, 9.17) is 14.6 Å². The molecule has 44 heavy (non-hydrogen) atoms. The quantitative estimate of drug-likeness (QED) is 0.212. The molecule has 0 bridgehead atoms. The fourth-order valence-corrected chi connectivity index (χ4v) is 5.31. The Bertz CT molecular complexity index is 1650. The molecule has 226 valence electrons. The Hall–Kier alpha value is -5.15. The average molecular weight is 594 g/mol. The number of anilines is 2. The Morgan fingerprint density at radius 2 is 1.45 bits per heavy atom. The minimum atomic E-state index is -0.940. The topological polar surface area (TPSA) is 117 Å². The van der Waals surface area contributed by atoms with E-state index in [1.807, 2.05) is 24.3 Å². The number of aliphatic carboxylic acids is 1. The van der Waals surface area contributed by atoms with Crippen LogP contribution in [-0.2, 0) is 30.6 Å². The monoisotopic (exact) mass is 593 g/mol. The fraction of sp³-hybridized carbons (Fsp3) is 0.229. The third-order valence-corrected chi connectivity index (χ3v) is 7.72.